The van der Waals surface area contributed by atoms with E-state index in [2.05, 4.69) is 43.9 Å². The van der Waals surface area contributed by atoms with Gasteiger partial charge in [0.25, 0.3) is 0 Å². The molecular weight excluding hydrogens is 321 g/mol. The maximum atomic E-state index is 4.57. The van der Waals surface area contributed by atoms with Crippen LogP contribution in [0.5, 0.6) is 0 Å². The number of fused-ring (bicyclic) bond motifs is 3. The van der Waals surface area contributed by atoms with E-state index >= 15 is 0 Å². The molecule has 0 aliphatic rings. The molecular formula is C13H11ClN2Ru. The number of halogens is 1. The molecule has 0 bridgehead atoms. The second-order valence-corrected chi connectivity index (χ2v) is 3.22. The summed E-state index contributed by atoms with van der Waals surface area (Å²) in [5.74, 6) is 0. The monoisotopic (exact) mass is 332 g/mol. The Morgan fingerprint density at radius 1 is 0.765 bits per heavy atom. The molecule has 0 saturated carbocycles. The fourth-order valence-electron chi connectivity index (χ4n) is 1.68. The zero-order valence-corrected chi connectivity index (χ0v) is 11.7. The second-order valence-electron chi connectivity index (χ2n) is 3.22. The van der Waals surface area contributed by atoms with Crippen LogP contribution in [0.2, 0.25) is 0 Å². The molecule has 0 amide bonds. The number of hydrogen-bond donors (Lipinski definition) is 0. The number of aromatic nitrogens is 2. The molecule has 0 aliphatic heterocycles. The van der Waals surface area contributed by atoms with E-state index in [1.54, 1.807) is 12.4 Å². The summed E-state index contributed by atoms with van der Waals surface area (Å²) >= 11 is 1.82. The normalized spacial score (nSPS) is 9.29. The predicted molar refractivity (Wildman–Crippen MR) is 69.3 cm³/mol. The molecule has 3 aromatic rings. The third kappa shape index (κ3) is 2.80. The summed E-state index contributed by atoms with van der Waals surface area (Å²) in [4.78, 5) is 8.69. The minimum absolute atomic E-state index is 0. The Bertz CT molecular complexity index is 558. The fourth-order valence-corrected chi connectivity index (χ4v) is 1.68. The maximum Gasteiger partial charge on any atom is 0.0964 e. The molecule has 0 unspecified atom stereocenters. The molecule has 0 fully saturated rings. The Morgan fingerprint density at radius 2 is 1.18 bits per heavy atom. The molecule has 3 rings (SSSR count). The molecule has 0 atom stereocenters. The van der Waals surface area contributed by atoms with Gasteiger partial charge in [-0.3, -0.25) is 9.97 Å². The van der Waals surface area contributed by atoms with Crippen LogP contribution in [0.1, 0.15) is 0 Å². The van der Waals surface area contributed by atoms with Crippen molar-refractivity contribution >= 4 is 31.5 Å². The molecule has 0 radical (unpaired) electrons. The molecule has 4 heteroatoms. The number of hydrogen-bond acceptors (Lipinski definition) is 2. The minimum Gasteiger partial charge on any atom is -0.254 e. The second kappa shape index (κ2) is 6.63. The number of nitrogens with zero attached hydrogens (tertiary/aromatic N) is 2. The van der Waals surface area contributed by atoms with Crippen LogP contribution in [-0.2, 0) is 17.3 Å². The summed E-state index contributed by atoms with van der Waals surface area (Å²) in [6, 6.07) is 12.1. The van der Waals surface area contributed by atoms with Gasteiger partial charge in [0.05, 0.1) is 11.0 Å². The van der Waals surface area contributed by atoms with Gasteiger partial charge in [0.1, 0.15) is 0 Å². The summed E-state index contributed by atoms with van der Waals surface area (Å²) < 4.78 is 0. The summed E-state index contributed by atoms with van der Waals surface area (Å²) in [5, 5.41) is 2.28. The van der Waals surface area contributed by atoms with Gasteiger partial charge in [0.15, 0.2) is 0 Å². The van der Waals surface area contributed by atoms with Crippen LogP contribution in [-0.4, -0.2) is 9.97 Å². The van der Waals surface area contributed by atoms with Gasteiger partial charge in [0, 0.05) is 23.2 Å². The van der Waals surface area contributed by atoms with Crippen LogP contribution in [0, 0.1) is 7.43 Å². The Kier molecular flexibility index (Phi) is 5.47. The first kappa shape index (κ1) is 14.0. The molecule has 0 N–H and O–H groups in total. The van der Waals surface area contributed by atoms with Crippen LogP contribution in [0.25, 0.3) is 21.8 Å². The van der Waals surface area contributed by atoms with Crippen molar-refractivity contribution in [3.63, 3.8) is 0 Å². The average molecular weight is 332 g/mol. The average Bonchev–Trinajstić information content (AvgIpc) is 2.41. The first-order chi connectivity index (χ1) is 7.95. The van der Waals surface area contributed by atoms with Gasteiger partial charge in [-0.15, -0.1) is 0 Å². The molecule has 1 aromatic carbocycles. The van der Waals surface area contributed by atoms with Crippen molar-refractivity contribution in [1.82, 2.24) is 9.97 Å². The van der Waals surface area contributed by atoms with Crippen molar-refractivity contribution in [3.8, 4) is 0 Å². The third-order valence-electron chi connectivity index (χ3n) is 2.34. The standard InChI is InChI=1S/C12H8N2.CH3.ClH.Ru/c1-3-9-5-6-10-4-2-8-14-12(10)11(9)13-7-1;;;/h1-8H;1H3;1H;/q;-1;;+2/p-1. The first-order valence-corrected chi connectivity index (χ1v) is 6.91. The van der Waals surface area contributed by atoms with Crippen molar-refractivity contribution in [2.45, 2.75) is 0 Å². The number of benzene rings is 1. The van der Waals surface area contributed by atoms with Crippen LogP contribution in [0.3, 0.4) is 0 Å². The number of pyridine rings is 2. The van der Waals surface area contributed by atoms with Crippen LogP contribution in [0.4, 0.5) is 0 Å². The smallest absolute Gasteiger partial charge is 0.0964 e. The van der Waals surface area contributed by atoms with E-state index in [9.17, 15) is 0 Å². The Balaban J connectivity index is 0.000000459. The van der Waals surface area contributed by atoms with Gasteiger partial charge >= 0.3 is 27.0 Å². The zero-order valence-electron chi connectivity index (χ0n) is 9.24. The SMILES string of the molecule is [CH3-].[Cl][Ru+].c1cnc2c(c1)ccc1cccnc12. The summed E-state index contributed by atoms with van der Waals surface area (Å²) in [7, 11) is 4.57. The molecule has 88 valence electrons. The van der Waals surface area contributed by atoms with E-state index < -0.39 is 0 Å². The van der Waals surface area contributed by atoms with E-state index in [4.69, 9.17) is 0 Å². The maximum absolute atomic E-state index is 4.57. The Hall–Kier alpha value is -1.05. The van der Waals surface area contributed by atoms with E-state index in [-0.39, 0.29) is 7.43 Å². The van der Waals surface area contributed by atoms with Gasteiger partial charge in [0.2, 0.25) is 0 Å². The van der Waals surface area contributed by atoms with Gasteiger partial charge in [-0.1, -0.05) is 24.3 Å². The van der Waals surface area contributed by atoms with E-state index in [1.807, 2.05) is 29.4 Å². The molecule has 2 aromatic heterocycles. The van der Waals surface area contributed by atoms with Crippen molar-refractivity contribution in [2.24, 2.45) is 0 Å². The Morgan fingerprint density at radius 3 is 1.59 bits per heavy atom. The van der Waals surface area contributed by atoms with Gasteiger partial charge in [-0.05, 0) is 12.1 Å². The minimum atomic E-state index is 0. The fraction of sp³-hybridized carbons (Fsp3) is 0. The zero-order chi connectivity index (χ0) is 11.4. The summed E-state index contributed by atoms with van der Waals surface area (Å²) in [5.41, 5.74) is 1.95. The van der Waals surface area contributed by atoms with Gasteiger partial charge < -0.3 is 7.43 Å². The van der Waals surface area contributed by atoms with E-state index in [0.29, 0.717) is 0 Å². The van der Waals surface area contributed by atoms with Crippen molar-refractivity contribution in [2.75, 3.05) is 0 Å². The van der Waals surface area contributed by atoms with Gasteiger partial charge in [-0.25, -0.2) is 0 Å². The van der Waals surface area contributed by atoms with E-state index in [0.717, 1.165) is 21.8 Å². The molecule has 2 heterocycles. The summed E-state index contributed by atoms with van der Waals surface area (Å²) in [6.45, 7) is 0. The first-order valence-electron chi connectivity index (χ1n) is 4.67. The van der Waals surface area contributed by atoms with Crippen molar-refractivity contribution in [3.05, 3.63) is 56.2 Å². The van der Waals surface area contributed by atoms with E-state index in [1.165, 1.54) is 0 Å². The predicted octanol–water partition coefficient (Wildman–Crippen LogP) is 3.92. The Labute approximate surface area is 115 Å². The molecule has 0 aliphatic carbocycles. The molecule has 0 saturated heterocycles. The van der Waals surface area contributed by atoms with Crippen LogP contribution in [0.15, 0.2) is 48.8 Å². The topological polar surface area (TPSA) is 25.8 Å². The molecule has 2 nitrogen and oxygen atoms in total. The number of rotatable bonds is 0. The largest absolute Gasteiger partial charge is 0.254 e. The van der Waals surface area contributed by atoms with Crippen LogP contribution < -0.4 is 0 Å². The molecule has 0 spiro atoms. The molecule has 17 heavy (non-hydrogen) atoms. The van der Waals surface area contributed by atoms with Crippen LogP contribution >= 0.6 is 9.69 Å². The summed E-state index contributed by atoms with van der Waals surface area (Å²) in [6.07, 6.45) is 3.60. The van der Waals surface area contributed by atoms with Crippen molar-refractivity contribution in [1.29, 1.82) is 0 Å². The van der Waals surface area contributed by atoms with Crippen molar-refractivity contribution < 1.29 is 17.3 Å². The third-order valence-corrected chi connectivity index (χ3v) is 2.34. The van der Waals surface area contributed by atoms with Gasteiger partial charge in [-0.2, -0.15) is 0 Å². The quantitative estimate of drug-likeness (QED) is 0.354.